The van der Waals surface area contributed by atoms with Gasteiger partial charge in [0.1, 0.15) is 5.82 Å². The van der Waals surface area contributed by atoms with Crippen molar-refractivity contribution in [3.05, 3.63) is 34.6 Å². The monoisotopic (exact) mass is 231 g/mol. The van der Waals surface area contributed by atoms with Crippen LogP contribution in [0, 0.1) is 5.82 Å². The van der Waals surface area contributed by atoms with E-state index in [9.17, 15) is 4.39 Å². The standard InChI is InChI=1S/C11H15ClFNO/c1-7(2)15-6-11(14)8-3-4-10(13)9(12)5-8/h3-5,7,11H,6,14H2,1-2H3/t11-/m1/s1. The van der Waals surface area contributed by atoms with Gasteiger partial charge in [0.05, 0.1) is 23.8 Å². The number of hydrogen-bond acceptors (Lipinski definition) is 2. The second kappa shape index (κ2) is 5.45. The third-order valence-corrected chi connectivity index (χ3v) is 2.27. The molecule has 0 spiro atoms. The summed E-state index contributed by atoms with van der Waals surface area (Å²) in [7, 11) is 0. The van der Waals surface area contributed by atoms with Crippen molar-refractivity contribution in [2.75, 3.05) is 6.61 Å². The van der Waals surface area contributed by atoms with Gasteiger partial charge in [0.15, 0.2) is 0 Å². The molecule has 0 aliphatic carbocycles. The fourth-order valence-corrected chi connectivity index (χ4v) is 1.32. The Labute approximate surface area is 94.2 Å². The molecule has 1 atom stereocenters. The second-order valence-electron chi connectivity index (χ2n) is 3.66. The van der Waals surface area contributed by atoms with Gasteiger partial charge in [0.2, 0.25) is 0 Å². The van der Waals surface area contributed by atoms with Crippen LogP contribution in [-0.4, -0.2) is 12.7 Å². The van der Waals surface area contributed by atoms with Gasteiger partial charge < -0.3 is 10.5 Å². The van der Waals surface area contributed by atoms with Crippen LogP contribution in [0.4, 0.5) is 4.39 Å². The molecule has 0 heterocycles. The molecule has 1 aromatic carbocycles. The quantitative estimate of drug-likeness (QED) is 0.865. The average molecular weight is 232 g/mol. The lowest BCUT2D eigenvalue weighted by Gasteiger charge is -2.14. The molecule has 15 heavy (non-hydrogen) atoms. The summed E-state index contributed by atoms with van der Waals surface area (Å²) in [6.07, 6.45) is 0.131. The zero-order valence-corrected chi connectivity index (χ0v) is 9.59. The largest absolute Gasteiger partial charge is 0.377 e. The molecule has 0 saturated heterocycles. The number of ether oxygens (including phenoxy) is 1. The number of nitrogens with two attached hydrogens (primary N) is 1. The highest BCUT2D eigenvalue weighted by molar-refractivity contribution is 6.30. The molecule has 0 bridgehead atoms. The van der Waals surface area contributed by atoms with Crippen LogP contribution < -0.4 is 5.73 Å². The van der Waals surface area contributed by atoms with Crippen molar-refractivity contribution >= 4 is 11.6 Å². The van der Waals surface area contributed by atoms with Crippen LogP contribution in [-0.2, 0) is 4.74 Å². The fourth-order valence-electron chi connectivity index (χ4n) is 1.14. The van der Waals surface area contributed by atoms with Crippen LogP contribution in [0.5, 0.6) is 0 Å². The van der Waals surface area contributed by atoms with Crippen LogP contribution in [0.15, 0.2) is 18.2 Å². The van der Waals surface area contributed by atoms with Crippen LogP contribution in [0.2, 0.25) is 5.02 Å². The summed E-state index contributed by atoms with van der Waals surface area (Å²) < 4.78 is 18.2. The number of hydrogen-bond donors (Lipinski definition) is 1. The normalized spacial score (nSPS) is 13.2. The SMILES string of the molecule is CC(C)OC[C@@H](N)c1ccc(F)c(Cl)c1. The third kappa shape index (κ3) is 3.78. The summed E-state index contributed by atoms with van der Waals surface area (Å²) >= 11 is 5.65. The van der Waals surface area contributed by atoms with E-state index in [0.29, 0.717) is 6.61 Å². The minimum Gasteiger partial charge on any atom is -0.377 e. The predicted octanol–water partition coefficient (Wildman–Crippen LogP) is 2.90. The Hall–Kier alpha value is -0.640. The molecule has 0 aromatic heterocycles. The molecule has 2 nitrogen and oxygen atoms in total. The summed E-state index contributed by atoms with van der Waals surface area (Å²) in [4.78, 5) is 0. The van der Waals surface area contributed by atoms with E-state index in [4.69, 9.17) is 22.1 Å². The van der Waals surface area contributed by atoms with E-state index in [0.717, 1.165) is 5.56 Å². The Balaban J connectivity index is 2.65. The molecule has 0 unspecified atom stereocenters. The van der Waals surface area contributed by atoms with E-state index >= 15 is 0 Å². The van der Waals surface area contributed by atoms with Gasteiger partial charge in [-0.25, -0.2) is 4.39 Å². The smallest absolute Gasteiger partial charge is 0.141 e. The zero-order chi connectivity index (χ0) is 11.4. The summed E-state index contributed by atoms with van der Waals surface area (Å²) in [5, 5.41) is 0.0903. The number of benzene rings is 1. The summed E-state index contributed by atoms with van der Waals surface area (Å²) in [6, 6.07) is 4.19. The Morgan fingerprint density at radius 1 is 1.47 bits per heavy atom. The minimum atomic E-state index is -0.433. The van der Waals surface area contributed by atoms with Gasteiger partial charge in [-0.2, -0.15) is 0 Å². The first-order valence-corrected chi connectivity index (χ1v) is 5.20. The highest BCUT2D eigenvalue weighted by Crippen LogP contribution is 2.20. The van der Waals surface area contributed by atoms with E-state index in [1.807, 2.05) is 13.8 Å². The van der Waals surface area contributed by atoms with Gasteiger partial charge in [0.25, 0.3) is 0 Å². The maximum absolute atomic E-state index is 12.9. The molecule has 0 fully saturated rings. The first-order chi connectivity index (χ1) is 7.00. The predicted molar refractivity (Wildman–Crippen MR) is 59.4 cm³/mol. The van der Waals surface area contributed by atoms with Gasteiger partial charge >= 0.3 is 0 Å². The third-order valence-electron chi connectivity index (χ3n) is 1.98. The molecule has 2 N–H and O–H groups in total. The molecular formula is C11H15ClFNO. The van der Waals surface area contributed by atoms with Gasteiger partial charge in [-0.05, 0) is 31.5 Å². The molecule has 0 saturated carbocycles. The lowest BCUT2D eigenvalue weighted by molar-refractivity contribution is 0.0683. The molecule has 4 heteroatoms. The van der Waals surface area contributed by atoms with E-state index in [-0.39, 0.29) is 17.2 Å². The first-order valence-electron chi connectivity index (χ1n) is 4.83. The summed E-state index contributed by atoms with van der Waals surface area (Å²) in [5.74, 6) is -0.433. The highest BCUT2D eigenvalue weighted by atomic mass is 35.5. The Bertz CT molecular complexity index is 330. The van der Waals surface area contributed by atoms with Crippen molar-refractivity contribution in [1.82, 2.24) is 0 Å². The van der Waals surface area contributed by atoms with E-state index in [1.54, 1.807) is 6.07 Å². The minimum absolute atomic E-state index is 0.0903. The van der Waals surface area contributed by atoms with Crippen molar-refractivity contribution in [3.8, 4) is 0 Å². The van der Waals surface area contributed by atoms with E-state index < -0.39 is 5.82 Å². The lowest BCUT2D eigenvalue weighted by atomic mass is 10.1. The molecule has 1 aromatic rings. The highest BCUT2D eigenvalue weighted by Gasteiger charge is 2.09. The molecule has 0 amide bonds. The molecule has 1 rings (SSSR count). The lowest BCUT2D eigenvalue weighted by Crippen LogP contribution is -2.19. The summed E-state index contributed by atoms with van der Waals surface area (Å²) in [6.45, 7) is 4.27. The van der Waals surface area contributed by atoms with Crippen LogP contribution in [0.25, 0.3) is 0 Å². The maximum Gasteiger partial charge on any atom is 0.141 e. The van der Waals surface area contributed by atoms with Crippen molar-refractivity contribution in [2.45, 2.75) is 26.0 Å². The van der Waals surface area contributed by atoms with E-state index in [1.165, 1.54) is 12.1 Å². The number of halogens is 2. The number of rotatable bonds is 4. The van der Waals surface area contributed by atoms with Gasteiger partial charge in [-0.1, -0.05) is 17.7 Å². The molecular weight excluding hydrogens is 217 g/mol. The molecule has 0 radical (unpaired) electrons. The first kappa shape index (κ1) is 12.4. The fraction of sp³-hybridized carbons (Fsp3) is 0.455. The topological polar surface area (TPSA) is 35.2 Å². The maximum atomic E-state index is 12.9. The summed E-state index contributed by atoms with van der Waals surface area (Å²) in [5.41, 5.74) is 6.64. The van der Waals surface area contributed by atoms with Crippen molar-refractivity contribution in [1.29, 1.82) is 0 Å². The second-order valence-corrected chi connectivity index (χ2v) is 4.07. The molecule has 0 aliphatic heterocycles. The van der Waals surface area contributed by atoms with Gasteiger partial charge in [-0.3, -0.25) is 0 Å². The Kier molecular flexibility index (Phi) is 4.51. The van der Waals surface area contributed by atoms with Crippen LogP contribution in [0.1, 0.15) is 25.5 Å². The van der Waals surface area contributed by atoms with Crippen molar-refractivity contribution in [3.63, 3.8) is 0 Å². The zero-order valence-electron chi connectivity index (χ0n) is 8.84. The van der Waals surface area contributed by atoms with Crippen molar-refractivity contribution in [2.24, 2.45) is 5.73 Å². The average Bonchev–Trinajstić information content (AvgIpc) is 2.18. The Morgan fingerprint density at radius 3 is 2.67 bits per heavy atom. The molecule has 84 valence electrons. The van der Waals surface area contributed by atoms with Gasteiger partial charge in [-0.15, -0.1) is 0 Å². The van der Waals surface area contributed by atoms with E-state index in [2.05, 4.69) is 0 Å². The van der Waals surface area contributed by atoms with Crippen molar-refractivity contribution < 1.29 is 9.13 Å². The van der Waals surface area contributed by atoms with Crippen LogP contribution in [0.3, 0.4) is 0 Å². The molecule has 0 aliphatic rings. The van der Waals surface area contributed by atoms with Gasteiger partial charge in [0, 0.05) is 0 Å². The van der Waals surface area contributed by atoms with Crippen LogP contribution >= 0.6 is 11.6 Å². The Morgan fingerprint density at radius 2 is 2.13 bits per heavy atom.